The Labute approximate surface area is 124 Å². The van der Waals surface area contributed by atoms with E-state index >= 15 is 0 Å². The standard InChI is InChI=1S/C15H22N2S2/c1-11(10-18-3)17(2)9-13-12-6-4-5-7-14(12)19-15(13)8-16/h4-7,11H,8-10,16H2,1-3H3. The summed E-state index contributed by atoms with van der Waals surface area (Å²) >= 11 is 3.73. The van der Waals surface area contributed by atoms with Gasteiger partial charge in [-0.3, -0.25) is 4.90 Å². The quantitative estimate of drug-likeness (QED) is 0.883. The first-order valence-electron chi connectivity index (χ1n) is 6.56. The average molecular weight is 294 g/mol. The molecule has 0 aliphatic heterocycles. The van der Waals surface area contributed by atoms with Crippen molar-refractivity contribution in [1.29, 1.82) is 0 Å². The number of thiophene rings is 1. The lowest BCUT2D eigenvalue weighted by Crippen LogP contribution is -2.30. The molecule has 0 saturated heterocycles. The normalized spacial score (nSPS) is 13.3. The van der Waals surface area contributed by atoms with E-state index < -0.39 is 0 Å². The van der Waals surface area contributed by atoms with Crippen molar-refractivity contribution in [3.8, 4) is 0 Å². The van der Waals surface area contributed by atoms with Gasteiger partial charge in [-0.15, -0.1) is 11.3 Å². The predicted octanol–water partition coefficient (Wildman–Crippen LogP) is 3.54. The van der Waals surface area contributed by atoms with Crippen LogP contribution in [0.4, 0.5) is 0 Å². The van der Waals surface area contributed by atoms with Crippen molar-refractivity contribution in [1.82, 2.24) is 4.90 Å². The molecule has 0 amide bonds. The molecule has 1 unspecified atom stereocenters. The molecule has 2 aromatic rings. The second-order valence-electron chi connectivity index (χ2n) is 4.92. The Morgan fingerprint density at radius 2 is 2.11 bits per heavy atom. The molecule has 1 atom stereocenters. The van der Waals surface area contributed by atoms with Crippen LogP contribution in [0.15, 0.2) is 24.3 Å². The van der Waals surface area contributed by atoms with E-state index in [4.69, 9.17) is 5.73 Å². The maximum Gasteiger partial charge on any atom is 0.0349 e. The molecule has 1 aromatic heterocycles. The monoisotopic (exact) mass is 294 g/mol. The first-order chi connectivity index (χ1) is 9.17. The van der Waals surface area contributed by atoms with Gasteiger partial charge in [-0.05, 0) is 37.2 Å². The van der Waals surface area contributed by atoms with E-state index in [2.05, 4.69) is 49.4 Å². The fraction of sp³-hybridized carbons (Fsp3) is 0.467. The van der Waals surface area contributed by atoms with Crippen molar-refractivity contribution in [3.05, 3.63) is 34.7 Å². The van der Waals surface area contributed by atoms with Crippen LogP contribution in [0.1, 0.15) is 17.4 Å². The smallest absolute Gasteiger partial charge is 0.0349 e. The SMILES string of the molecule is CSCC(C)N(C)Cc1c(CN)sc2ccccc12. The summed E-state index contributed by atoms with van der Waals surface area (Å²) in [6.45, 7) is 3.91. The van der Waals surface area contributed by atoms with Crippen LogP contribution in [-0.4, -0.2) is 30.0 Å². The molecule has 2 N–H and O–H groups in total. The Kier molecular flexibility index (Phi) is 5.28. The lowest BCUT2D eigenvalue weighted by Gasteiger charge is -2.24. The summed E-state index contributed by atoms with van der Waals surface area (Å²) in [5.74, 6) is 1.16. The highest BCUT2D eigenvalue weighted by atomic mass is 32.2. The van der Waals surface area contributed by atoms with Crippen molar-refractivity contribution in [2.75, 3.05) is 19.1 Å². The number of hydrogen-bond acceptors (Lipinski definition) is 4. The topological polar surface area (TPSA) is 29.3 Å². The van der Waals surface area contributed by atoms with Gasteiger partial charge >= 0.3 is 0 Å². The highest BCUT2D eigenvalue weighted by molar-refractivity contribution is 7.98. The third kappa shape index (κ3) is 3.31. The van der Waals surface area contributed by atoms with Crippen LogP contribution in [0.25, 0.3) is 10.1 Å². The van der Waals surface area contributed by atoms with Gasteiger partial charge in [-0.2, -0.15) is 11.8 Å². The second-order valence-corrected chi connectivity index (χ2v) is 6.97. The fourth-order valence-corrected chi connectivity index (χ4v) is 4.09. The summed E-state index contributed by atoms with van der Waals surface area (Å²) in [6, 6.07) is 9.20. The first kappa shape index (κ1) is 14.9. The molecular formula is C15H22N2S2. The highest BCUT2D eigenvalue weighted by Crippen LogP contribution is 2.32. The van der Waals surface area contributed by atoms with Crippen molar-refractivity contribution in [2.45, 2.75) is 26.1 Å². The van der Waals surface area contributed by atoms with Gasteiger partial charge in [-0.25, -0.2) is 0 Å². The number of benzene rings is 1. The Hall–Kier alpha value is -0.550. The zero-order valence-corrected chi connectivity index (χ0v) is 13.5. The zero-order valence-electron chi connectivity index (χ0n) is 11.8. The van der Waals surface area contributed by atoms with Crippen molar-refractivity contribution >= 4 is 33.2 Å². The van der Waals surface area contributed by atoms with E-state index in [1.807, 2.05) is 23.1 Å². The molecule has 0 spiro atoms. The van der Waals surface area contributed by atoms with Gasteiger partial charge in [0.1, 0.15) is 0 Å². The molecule has 1 aromatic carbocycles. The first-order valence-corrected chi connectivity index (χ1v) is 8.77. The number of rotatable bonds is 6. The van der Waals surface area contributed by atoms with Gasteiger partial charge in [-0.1, -0.05) is 18.2 Å². The van der Waals surface area contributed by atoms with Gasteiger partial charge < -0.3 is 5.73 Å². The number of fused-ring (bicyclic) bond motifs is 1. The van der Waals surface area contributed by atoms with Crippen LogP contribution in [0.5, 0.6) is 0 Å². The summed E-state index contributed by atoms with van der Waals surface area (Å²) in [5, 5.41) is 1.37. The maximum atomic E-state index is 5.91. The van der Waals surface area contributed by atoms with Crippen LogP contribution >= 0.6 is 23.1 Å². The van der Waals surface area contributed by atoms with Gasteiger partial charge in [0.25, 0.3) is 0 Å². The fourth-order valence-electron chi connectivity index (χ4n) is 2.26. The number of hydrogen-bond donors (Lipinski definition) is 1. The van der Waals surface area contributed by atoms with Gasteiger partial charge in [0.15, 0.2) is 0 Å². The minimum atomic E-state index is 0.583. The Morgan fingerprint density at radius 1 is 1.37 bits per heavy atom. The van der Waals surface area contributed by atoms with Crippen molar-refractivity contribution < 1.29 is 0 Å². The van der Waals surface area contributed by atoms with Gasteiger partial charge in [0.2, 0.25) is 0 Å². The summed E-state index contributed by atoms with van der Waals surface area (Å²) in [4.78, 5) is 3.74. The Morgan fingerprint density at radius 3 is 2.79 bits per heavy atom. The van der Waals surface area contributed by atoms with Crippen LogP contribution in [0.3, 0.4) is 0 Å². The van der Waals surface area contributed by atoms with E-state index in [0.717, 1.165) is 12.3 Å². The summed E-state index contributed by atoms with van der Waals surface area (Å²) < 4.78 is 1.35. The molecule has 0 aliphatic carbocycles. The van der Waals surface area contributed by atoms with E-state index in [9.17, 15) is 0 Å². The van der Waals surface area contributed by atoms with Gasteiger partial charge in [0, 0.05) is 34.5 Å². The summed E-state index contributed by atoms with van der Waals surface area (Å²) in [6.07, 6.45) is 2.16. The largest absolute Gasteiger partial charge is 0.326 e. The molecule has 19 heavy (non-hydrogen) atoms. The molecule has 0 bridgehead atoms. The van der Waals surface area contributed by atoms with E-state index in [1.165, 1.54) is 20.5 Å². The molecule has 4 heteroatoms. The third-order valence-corrected chi connectivity index (χ3v) is 5.59. The summed E-state index contributed by atoms with van der Waals surface area (Å²) in [5.41, 5.74) is 7.33. The maximum absolute atomic E-state index is 5.91. The Bertz CT molecular complexity index is 536. The van der Waals surface area contributed by atoms with Crippen molar-refractivity contribution in [2.24, 2.45) is 5.73 Å². The van der Waals surface area contributed by atoms with E-state index in [-0.39, 0.29) is 0 Å². The molecule has 1 heterocycles. The predicted molar refractivity (Wildman–Crippen MR) is 89.0 cm³/mol. The molecular weight excluding hydrogens is 272 g/mol. The average Bonchev–Trinajstić information content (AvgIpc) is 2.77. The van der Waals surface area contributed by atoms with E-state index in [1.54, 1.807) is 0 Å². The summed E-state index contributed by atoms with van der Waals surface area (Å²) in [7, 11) is 2.20. The molecule has 2 nitrogen and oxygen atoms in total. The van der Waals surface area contributed by atoms with Crippen LogP contribution in [0, 0.1) is 0 Å². The lowest BCUT2D eigenvalue weighted by atomic mass is 10.1. The van der Waals surface area contributed by atoms with E-state index in [0.29, 0.717) is 12.6 Å². The molecule has 0 radical (unpaired) electrons. The zero-order chi connectivity index (χ0) is 13.8. The van der Waals surface area contributed by atoms with Crippen LogP contribution in [0.2, 0.25) is 0 Å². The Balaban J connectivity index is 2.28. The molecule has 0 aliphatic rings. The minimum Gasteiger partial charge on any atom is -0.326 e. The molecule has 2 rings (SSSR count). The third-order valence-electron chi connectivity index (χ3n) is 3.54. The highest BCUT2D eigenvalue weighted by Gasteiger charge is 2.15. The minimum absolute atomic E-state index is 0.583. The number of nitrogens with two attached hydrogens (primary N) is 1. The molecule has 104 valence electrons. The number of thioether (sulfide) groups is 1. The van der Waals surface area contributed by atoms with Crippen molar-refractivity contribution in [3.63, 3.8) is 0 Å². The molecule has 0 fully saturated rings. The van der Waals surface area contributed by atoms with Crippen LogP contribution < -0.4 is 5.73 Å². The number of nitrogens with zero attached hydrogens (tertiary/aromatic N) is 1. The van der Waals surface area contributed by atoms with Gasteiger partial charge in [0.05, 0.1) is 0 Å². The molecule has 0 saturated carbocycles. The second kappa shape index (κ2) is 6.75. The van der Waals surface area contributed by atoms with Crippen LogP contribution in [-0.2, 0) is 13.1 Å². The lowest BCUT2D eigenvalue weighted by molar-refractivity contribution is 0.270.